The monoisotopic (exact) mass is 141 g/mol. The summed E-state index contributed by atoms with van der Waals surface area (Å²) >= 11 is 0. The molecule has 0 unspecified atom stereocenters. The van der Waals surface area contributed by atoms with Gasteiger partial charge in [0.05, 0.1) is 0 Å². The van der Waals surface area contributed by atoms with Crippen molar-refractivity contribution >= 4 is 0 Å². The first kappa shape index (κ1) is 8.06. The molecule has 1 atom stereocenters. The molecule has 0 saturated heterocycles. The Balaban J connectivity index is 2.02. The average Bonchev–Trinajstić information content (AvgIpc) is 1.79. The van der Waals surface area contributed by atoms with Gasteiger partial charge in [0.2, 0.25) is 0 Å². The summed E-state index contributed by atoms with van der Waals surface area (Å²) in [5.74, 6) is 0.881. The fourth-order valence-electron chi connectivity index (χ4n) is 1.54. The summed E-state index contributed by atoms with van der Waals surface area (Å²) in [5, 5.41) is 0. The first-order valence-corrected chi connectivity index (χ1v) is 4.60. The molecule has 0 aromatic heterocycles. The molecule has 60 valence electrons. The van der Waals surface area contributed by atoms with E-state index in [4.69, 9.17) is 5.73 Å². The number of rotatable bonds is 4. The zero-order valence-electron chi connectivity index (χ0n) is 6.97. The number of hydrogen-bond donors (Lipinski definition) is 1. The molecular weight excluding hydrogens is 122 g/mol. The van der Waals surface area contributed by atoms with Gasteiger partial charge in [-0.25, -0.2) is 0 Å². The Morgan fingerprint density at radius 3 is 2.60 bits per heavy atom. The van der Waals surface area contributed by atoms with Crippen molar-refractivity contribution in [3.05, 3.63) is 0 Å². The Bertz CT molecular complexity index is 86.7. The van der Waals surface area contributed by atoms with Gasteiger partial charge < -0.3 is 5.73 Å². The lowest BCUT2D eigenvalue weighted by Gasteiger charge is -2.31. The van der Waals surface area contributed by atoms with E-state index < -0.39 is 0 Å². The van der Waals surface area contributed by atoms with E-state index in [0.717, 1.165) is 5.92 Å². The van der Waals surface area contributed by atoms with Gasteiger partial charge in [-0.3, -0.25) is 0 Å². The minimum atomic E-state index is 0.522. The second kappa shape index (κ2) is 3.97. The van der Waals surface area contributed by atoms with E-state index in [-0.39, 0.29) is 0 Å². The molecule has 0 heterocycles. The van der Waals surface area contributed by atoms with Gasteiger partial charge >= 0.3 is 0 Å². The van der Waals surface area contributed by atoms with Gasteiger partial charge in [-0.1, -0.05) is 26.2 Å². The highest BCUT2D eigenvalue weighted by atomic mass is 14.7. The van der Waals surface area contributed by atoms with Crippen molar-refractivity contribution in [3.63, 3.8) is 0 Å². The maximum absolute atomic E-state index is 5.97. The lowest BCUT2D eigenvalue weighted by Crippen LogP contribution is -2.34. The third kappa shape index (κ3) is 1.98. The molecule has 1 rings (SSSR count). The van der Waals surface area contributed by atoms with Crippen LogP contribution in [0.15, 0.2) is 0 Å². The second-order valence-corrected chi connectivity index (χ2v) is 3.50. The molecule has 0 amide bonds. The summed E-state index contributed by atoms with van der Waals surface area (Å²) in [4.78, 5) is 0. The molecule has 0 aliphatic heterocycles. The maximum Gasteiger partial charge on any atom is 0.00671 e. The zero-order valence-corrected chi connectivity index (χ0v) is 6.97. The van der Waals surface area contributed by atoms with Gasteiger partial charge in [0, 0.05) is 6.04 Å². The minimum Gasteiger partial charge on any atom is -0.327 e. The van der Waals surface area contributed by atoms with Crippen LogP contribution in [0.4, 0.5) is 0 Å². The quantitative estimate of drug-likeness (QED) is 0.638. The summed E-state index contributed by atoms with van der Waals surface area (Å²) in [6, 6.07) is 0.522. The molecule has 0 aromatic carbocycles. The van der Waals surface area contributed by atoms with Gasteiger partial charge in [0.15, 0.2) is 0 Å². The molecule has 0 spiro atoms. The van der Waals surface area contributed by atoms with E-state index in [1.807, 2.05) is 0 Å². The van der Waals surface area contributed by atoms with E-state index in [1.54, 1.807) is 0 Å². The highest BCUT2D eigenvalue weighted by Gasteiger charge is 2.23. The molecule has 1 heteroatoms. The van der Waals surface area contributed by atoms with Crippen LogP contribution in [-0.4, -0.2) is 6.04 Å². The SMILES string of the molecule is CCCC[C@@H](N)C1CCC1. The van der Waals surface area contributed by atoms with Crippen LogP contribution in [0, 0.1) is 5.92 Å². The lowest BCUT2D eigenvalue weighted by atomic mass is 9.78. The second-order valence-electron chi connectivity index (χ2n) is 3.50. The Morgan fingerprint density at radius 2 is 2.20 bits per heavy atom. The van der Waals surface area contributed by atoms with Gasteiger partial charge in [-0.2, -0.15) is 0 Å². The van der Waals surface area contributed by atoms with Gasteiger partial charge in [0.1, 0.15) is 0 Å². The Morgan fingerprint density at radius 1 is 1.50 bits per heavy atom. The highest BCUT2D eigenvalue weighted by Crippen LogP contribution is 2.30. The standard InChI is InChI=1S/C9H19N/c1-2-3-7-9(10)8-5-4-6-8/h8-9H,2-7,10H2,1H3/t9-/m1/s1. The average molecular weight is 141 g/mol. The van der Waals surface area contributed by atoms with E-state index in [0.29, 0.717) is 6.04 Å². The van der Waals surface area contributed by atoms with Crippen molar-refractivity contribution in [2.45, 2.75) is 51.5 Å². The third-order valence-corrected chi connectivity index (χ3v) is 2.65. The highest BCUT2D eigenvalue weighted by molar-refractivity contribution is 4.79. The lowest BCUT2D eigenvalue weighted by molar-refractivity contribution is 0.250. The summed E-state index contributed by atoms with van der Waals surface area (Å²) in [5.41, 5.74) is 5.97. The topological polar surface area (TPSA) is 26.0 Å². The van der Waals surface area contributed by atoms with Crippen LogP contribution in [0.1, 0.15) is 45.4 Å². The predicted octanol–water partition coefficient (Wildman–Crippen LogP) is 2.30. The molecule has 1 nitrogen and oxygen atoms in total. The van der Waals surface area contributed by atoms with Gasteiger partial charge in [0.25, 0.3) is 0 Å². The van der Waals surface area contributed by atoms with E-state index in [1.165, 1.54) is 38.5 Å². The van der Waals surface area contributed by atoms with Crippen molar-refractivity contribution < 1.29 is 0 Å². The largest absolute Gasteiger partial charge is 0.327 e. The first-order valence-electron chi connectivity index (χ1n) is 4.60. The summed E-state index contributed by atoms with van der Waals surface area (Å²) in [6.07, 6.45) is 8.07. The van der Waals surface area contributed by atoms with Crippen molar-refractivity contribution in [1.29, 1.82) is 0 Å². The van der Waals surface area contributed by atoms with Crippen molar-refractivity contribution in [2.75, 3.05) is 0 Å². The maximum atomic E-state index is 5.97. The molecule has 1 aliphatic carbocycles. The molecule has 0 bridgehead atoms. The number of unbranched alkanes of at least 4 members (excludes halogenated alkanes) is 1. The third-order valence-electron chi connectivity index (χ3n) is 2.65. The molecule has 0 aromatic rings. The smallest absolute Gasteiger partial charge is 0.00671 e. The molecule has 10 heavy (non-hydrogen) atoms. The predicted molar refractivity (Wildman–Crippen MR) is 44.8 cm³/mol. The van der Waals surface area contributed by atoms with Crippen molar-refractivity contribution in [2.24, 2.45) is 11.7 Å². The molecular formula is C9H19N. The van der Waals surface area contributed by atoms with Crippen LogP contribution < -0.4 is 5.73 Å². The van der Waals surface area contributed by atoms with Crippen LogP contribution in [0.3, 0.4) is 0 Å². The van der Waals surface area contributed by atoms with Crippen LogP contribution >= 0.6 is 0 Å². The van der Waals surface area contributed by atoms with Crippen LogP contribution in [0.2, 0.25) is 0 Å². The van der Waals surface area contributed by atoms with Gasteiger partial charge in [-0.05, 0) is 25.2 Å². The minimum absolute atomic E-state index is 0.522. The van der Waals surface area contributed by atoms with E-state index >= 15 is 0 Å². The van der Waals surface area contributed by atoms with E-state index in [2.05, 4.69) is 6.92 Å². The number of hydrogen-bond acceptors (Lipinski definition) is 1. The fourth-order valence-corrected chi connectivity index (χ4v) is 1.54. The molecule has 1 fully saturated rings. The van der Waals surface area contributed by atoms with Crippen LogP contribution in [-0.2, 0) is 0 Å². The van der Waals surface area contributed by atoms with Crippen molar-refractivity contribution in [3.8, 4) is 0 Å². The first-order chi connectivity index (χ1) is 4.84. The zero-order chi connectivity index (χ0) is 7.40. The Hall–Kier alpha value is -0.0400. The van der Waals surface area contributed by atoms with E-state index in [9.17, 15) is 0 Å². The fraction of sp³-hybridized carbons (Fsp3) is 1.00. The summed E-state index contributed by atoms with van der Waals surface area (Å²) in [6.45, 7) is 2.23. The molecule has 1 saturated carbocycles. The van der Waals surface area contributed by atoms with Gasteiger partial charge in [-0.15, -0.1) is 0 Å². The molecule has 0 radical (unpaired) electrons. The number of nitrogens with two attached hydrogens (primary N) is 1. The van der Waals surface area contributed by atoms with Crippen LogP contribution in [0.5, 0.6) is 0 Å². The normalized spacial score (nSPS) is 22.2. The van der Waals surface area contributed by atoms with Crippen molar-refractivity contribution in [1.82, 2.24) is 0 Å². The summed E-state index contributed by atoms with van der Waals surface area (Å²) in [7, 11) is 0. The summed E-state index contributed by atoms with van der Waals surface area (Å²) < 4.78 is 0. The molecule has 2 N–H and O–H groups in total. The van der Waals surface area contributed by atoms with Crippen LogP contribution in [0.25, 0.3) is 0 Å². The molecule has 1 aliphatic rings. The Labute approximate surface area is 64.0 Å². The Kier molecular flexibility index (Phi) is 3.20.